The lowest BCUT2D eigenvalue weighted by molar-refractivity contribution is 0.0927. The largest absolute Gasteiger partial charge is 0.349 e. The number of carbonyl (C=O) groups is 1. The van der Waals surface area contributed by atoms with Crippen LogP contribution in [0.5, 0.6) is 0 Å². The fraction of sp³-hybridized carbons (Fsp3) is 0.389. The lowest BCUT2D eigenvalue weighted by Gasteiger charge is -2.22. The summed E-state index contributed by atoms with van der Waals surface area (Å²) in [6.45, 7) is 2.02. The number of aromatic nitrogens is 2. The van der Waals surface area contributed by atoms with E-state index in [2.05, 4.69) is 36.5 Å². The summed E-state index contributed by atoms with van der Waals surface area (Å²) in [6, 6.07) is 6.22. The highest BCUT2D eigenvalue weighted by atomic mass is 79.9. The summed E-state index contributed by atoms with van der Waals surface area (Å²) in [5, 5.41) is 6.22. The number of nitrogens with one attached hydrogen (secondary N) is 2. The Balaban J connectivity index is 1.61. The van der Waals surface area contributed by atoms with E-state index < -0.39 is 0 Å². The van der Waals surface area contributed by atoms with Crippen LogP contribution in [0.15, 0.2) is 35.1 Å². The first-order valence-electron chi connectivity index (χ1n) is 8.28. The molecule has 1 aromatic heterocycles. The molecule has 0 spiro atoms. The smallest absolute Gasteiger partial charge is 0.254 e. The molecule has 0 atom stereocenters. The predicted octanol–water partition coefficient (Wildman–Crippen LogP) is 4.35. The number of nitrogens with zero attached hydrogens (tertiary/aromatic N) is 2. The number of halogens is 1. The van der Waals surface area contributed by atoms with Gasteiger partial charge in [-0.05, 0) is 43.5 Å². The van der Waals surface area contributed by atoms with E-state index in [1.807, 2.05) is 25.1 Å². The highest BCUT2D eigenvalue weighted by Crippen LogP contribution is 2.22. The second-order valence-corrected chi connectivity index (χ2v) is 7.05. The molecule has 1 aliphatic carbocycles. The summed E-state index contributed by atoms with van der Waals surface area (Å²) < 4.78 is 1.06. The maximum absolute atomic E-state index is 12.2. The molecule has 2 N–H and O–H groups in total. The van der Waals surface area contributed by atoms with Crippen molar-refractivity contribution < 1.29 is 4.79 Å². The van der Waals surface area contributed by atoms with E-state index in [0.717, 1.165) is 28.6 Å². The van der Waals surface area contributed by atoms with Gasteiger partial charge in [0, 0.05) is 28.6 Å². The maximum Gasteiger partial charge on any atom is 0.254 e. The zero-order valence-corrected chi connectivity index (χ0v) is 15.3. The van der Waals surface area contributed by atoms with Crippen LogP contribution in [0.2, 0.25) is 0 Å². The number of hydrogen-bond acceptors (Lipinski definition) is 4. The molecule has 126 valence electrons. The van der Waals surface area contributed by atoms with Gasteiger partial charge in [-0.3, -0.25) is 4.79 Å². The van der Waals surface area contributed by atoms with Crippen molar-refractivity contribution in [1.29, 1.82) is 0 Å². The van der Waals surface area contributed by atoms with Crippen LogP contribution in [0.1, 0.15) is 48.0 Å². The van der Waals surface area contributed by atoms with Gasteiger partial charge in [0.15, 0.2) is 0 Å². The second-order valence-electron chi connectivity index (χ2n) is 6.19. The third-order valence-corrected chi connectivity index (χ3v) is 5.16. The summed E-state index contributed by atoms with van der Waals surface area (Å²) in [5.41, 5.74) is 2.54. The van der Waals surface area contributed by atoms with Crippen molar-refractivity contribution in [3.8, 4) is 0 Å². The van der Waals surface area contributed by atoms with Crippen LogP contribution in [-0.2, 0) is 0 Å². The highest BCUT2D eigenvalue weighted by molar-refractivity contribution is 9.10. The van der Waals surface area contributed by atoms with Gasteiger partial charge in [-0.2, -0.15) is 0 Å². The third kappa shape index (κ3) is 4.32. The van der Waals surface area contributed by atoms with Crippen LogP contribution in [0, 0.1) is 6.92 Å². The Labute approximate surface area is 150 Å². The topological polar surface area (TPSA) is 66.9 Å². The predicted molar refractivity (Wildman–Crippen MR) is 98.5 cm³/mol. The second kappa shape index (κ2) is 7.75. The Bertz CT molecular complexity index is 711. The van der Waals surface area contributed by atoms with Gasteiger partial charge >= 0.3 is 0 Å². The Morgan fingerprint density at radius 1 is 1.17 bits per heavy atom. The Hall–Kier alpha value is -1.95. The molecule has 1 heterocycles. The van der Waals surface area contributed by atoms with Crippen LogP contribution < -0.4 is 10.6 Å². The molecule has 1 fully saturated rings. The van der Waals surface area contributed by atoms with Gasteiger partial charge < -0.3 is 10.6 Å². The number of anilines is 2. The van der Waals surface area contributed by atoms with Crippen LogP contribution in [0.25, 0.3) is 0 Å². The molecule has 2 aromatic rings. The van der Waals surface area contributed by atoms with E-state index >= 15 is 0 Å². The SMILES string of the molecule is Cc1cc(Nc2ncc(C(=O)NC3CCCCC3)cn2)ccc1Br. The summed E-state index contributed by atoms with van der Waals surface area (Å²) in [7, 11) is 0. The molecule has 3 rings (SSSR count). The monoisotopic (exact) mass is 388 g/mol. The van der Waals surface area contributed by atoms with Gasteiger partial charge in [-0.1, -0.05) is 35.2 Å². The first-order chi connectivity index (χ1) is 11.6. The Morgan fingerprint density at radius 3 is 2.54 bits per heavy atom. The van der Waals surface area contributed by atoms with Crippen LogP contribution in [0.3, 0.4) is 0 Å². The number of amides is 1. The van der Waals surface area contributed by atoms with Gasteiger partial charge in [-0.25, -0.2) is 9.97 Å². The van der Waals surface area contributed by atoms with Crippen LogP contribution in [0.4, 0.5) is 11.6 Å². The van der Waals surface area contributed by atoms with Crippen molar-refractivity contribution >= 4 is 33.5 Å². The van der Waals surface area contributed by atoms with Crippen molar-refractivity contribution in [2.75, 3.05) is 5.32 Å². The molecule has 0 radical (unpaired) electrons. The Morgan fingerprint density at radius 2 is 1.88 bits per heavy atom. The molecule has 0 saturated heterocycles. The summed E-state index contributed by atoms with van der Waals surface area (Å²) in [6.07, 6.45) is 8.92. The minimum absolute atomic E-state index is 0.0899. The van der Waals surface area contributed by atoms with E-state index in [9.17, 15) is 4.79 Å². The minimum Gasteiger partial charge on any atom is -0.349 e. The number of carbonyl (C=O) groups excluding carboxylic acids is 1. The van der Waals surface area contributed by atoms with Gasteiger partial charge in [0.2, 0.25) is 5.95 Å². The molecule has 1 aliphatic rings. The van der Waals surface area contributed by atoms with E-state index in [1.165, 1.54) is 19.3 Å². The van der Waals surface area contributed by atoms with Crippen molar-refractivity contribution in [3.63, 3.8) is 0 Å². The molecule has 1 amide bonds. The fourth-order valence-corrected chi connectivity index (χ4v) is 3.12. The van der Waals surface area contributed by atoms with E-state index in [1.54, 1.807) is 12.4 Å². The lowest BCUT2D eigenvalue weighted by Crippen LogP contribution is -2.36. The zero-order chi connectivity index (χ0) is 16.9. The average molecular weight is 389 g/mol. The quantitative estimate of drug-likeness (QED) is 0.816. The summed E-state index contributed by atoms with van der Waals surface area (Å²) in [4.78, 5) is 20.7. The number of benzene rings is 1. The summed E-state index contributed by atoms with van der Waals surface area (Å²) >= 11 is 3.48. The number of aryl methyl sites for hydroxylation is 1. The van der Waals surface area contributed by atoms with Crippen molar-refractivity contribution in [2.45, 2.75) is 45.1 Å². The maximum atomic E-state index is 12.2. The van der Waals surface area contributed by atoms with Crippen molar-refractivity contribution in [1.82, 2.24) is 15.3 Å². The van der Waals surface area contributed by atoms with Crippen LogP contribution >= 0.6 is 15.9 Å². The zero-order valence-electron chi connectivity index (χ0n) is 13.7. The molecule has 0 aliphatic heterocycles. The number of rotatable bonds is 4. The van der Waals surface area contributed by atoms with Gasteiger partial charge in [0.05, 0.1) is 5.56 Å². The van der Waals surface area contributed by atoms with Gasteiger partial charge in [0.1, 0.15) is 0 Å². The molecule has 1 aromatic carbocycles. The number of hydrogen-bond donors (Lipinski definition) is 2. The molecular formula is C18H21BrN4O. The van der Waals surface area contributed by atoms with Crippen molar-refractivity contribution in [3.05, 3.63) is 46.2 Å². The average Bonchev–Trinajstić information content (AvgIpc) is 2.60. The first-order valence-corrected chi connectivity index (χ1v) is 9.07. The molecule has 5 nitrogen and oxygen atoms in total. The van der Waals surface area contributed by atoms with Crippen molar-refractivity contribution in [2.24, 2.45) is 0 Å². The fourth-order valence-electron chi connectivity index (χ4n) is 2.88. The summed E-state index contributed by atoms with van der Waals surface area (Å²) in [5.74, 6) is 0.388. The normalized spacial score (nSPS) is 15.1. The molecule has 6 heteroatoms. The Kier molecular flexibility index (Phi) is 5.45. The minimum atomic E-state index is -0.0899. The molecule has 1 saturated carbocycles. The van der Waals surface area contributed by atoms with Gasteiger partial charge in [-0.15, -0.1) is 0 Å². The third-order valence-electron chi connectivity index (χ3n) is 4.27. The highest BCUT2D eigenvalue weighted by Gasteiger charge is 2.17. The lowest BCUT2D eigenvalue weighted by atomic mass is 9.95. The van der Waals surface area contributed by atoms with E-state index in [0.29, 0.717) is 11.5 Å². The van der Waals surface area contributed by atoms with Crippen LogP contribution in [-0.4, -0.2) is 21.9 Å². The van der Waals surface area contributed by atoms with E-state index in [-0.39, 0.29) is 11.9 Å². The van der Waals surface area contributed by atoms with Gasteiger partial charge in [0.25, 0.3) is 5.91 Å². The molecular weight excluding hydrogens is 368 g/mol. The molecule has 0 unspecified atom stereocenters. The standard InChI is InChI=1S/C18H21BrN4O/c1-12-9-15(7-8-16(12)19)23-18-20-10-13(11-21-18)17(24)22-14-5-3-2-4-6-14/h7-11,14H,2-6H2,1H3,(H,22,24)(H,20,21,23). The van der Waals surface area contributed by atoms with E-state index in [4.69, 9.17) is 0 Å². The molecule has 0 bridgehead atoms. The molecule has 24 heavy (non-hydrogen) atoms. The first kappa shape index (κ1) is 16.9.